The van der Waals surface area contributed by atoms with Gasteiger partial charge in [-0.1, -0.05) is 55.2 Å². The molecule has 1 aliphatic heterocycles. The Bertz CT molecular complexity index is 1620. The van der Waals surface area contributed by atoms with Crippen LogP contribution < -0.4 is 4.90 Å². The first-order chi connectivity index (χ1) is 18.0. The molecular weight excluding hydrogens is 508 g/mol. The van der Waals surface area contributed by atoms with Crippen LogP contribution in [-0.4, -0.2) is 26.3 Å². The number of aromatic nitrogens is 4. The fourth-order valence-electron chi connectivity index (χ4n) is 5.45. The average molecular weight is 534 g/mol. The van der Waals surface area contributed by atoms with Crippen molar-refractivity contribution >= 4 is 39.9 Å². The topological polar surface area (TPSA) is 49.7 Å². The molecule has 188 valence electrons. The number of aryl methyl sites for hydroxylation is 2. The predicted octanol–water partition coefficient (Wildman–Crippen LogP) is 7.55. The van der Waals surface area contributed by atoms with E-state index in [4.69, 9.17) is 28.3 Å². The standard InChI is InChI=1S/C29H26Cl2FN5/c1-3-17-6-5-7-18(4-2)27(17)37-28(21-8-9-24(32)26-20(21)10-12-33-26)22-16-36(13-11-25(22)35-37)29-23(31)14-19(30)15-34-29/h5-10,12,14-15,33H,3-4,11,13,16H2,1-2H3. The van der Waals surface area contributed by atoms with E-state index >= 15 is 0 Å². The Labute approximate surface area is 224 Å². The molecule has 0 bridgehead atoms. The van der Waals surface area contributed by atoms with Crippen LogP contribution in [0, 0.1) is 5.82 Å². The van der Waals surface area contributed by atoms with E-state index in [0.717, 1.165) is 59.4 Å². The van der Waals surface area contributed by atoms with Crippen molar-refractivity contribution in [1.82, 2.24) is 19.7 Å². The summed E-state index contributed by atoms with van der Waals surface area (Å²) in [6.07, 6.45) is 5.91. The summed E-state index contributed by atoms with van der Waals surface area (Å²) in [4.78, 5) is 9.76. The molecule has 0 saturated heterocycles. The summed E-state index contributed by atoms with van der Waals surface area (Å²) < 4.78 is 16.8. The lowest BCUT2D eigenvalue weighted by molar-refractivity contribution is 0.637. The Hall–Kier alpha value is -3.35. The molecule has 1 N–H and O–H groups in total. The van der Waals surface area contributed by atoms with Gasteiger partial charge in [-0.15, -0.1) is 0 Å². The third kappa shape index (κ3) is 3.99. The monoisotopic (exact) mass is 533 g/mol. The smallest absolute Gasteiger partial charge is 0.147 e. The van der Waals surface area contributed by atoms with Crippen LogP contribution in [0.5, 0.6) is 0 Å². The van der Waals surface area contributed by atoms with Gasteiger partial charge in [-0.25, -0.2) is 14.1 Å². The molecule has 0 radical (unpaired) electrons. The lowest BCUT2D eigenvalue weighted by Crippen LogP contribution is -2.31. The van der Waals surface area contributed by atoms with Crippen LogP contribution in [0.25, 0.3) is 27.8 Å². The zero-order valence-electron chi connectivity index (χ0n) is 20.7. The summed E-state index contributed by atoms with van der Waals surface area (Å²) in [5.74, 6) is 0.426. The summed E-state index contributed by atoms with van der Waals surface area (Å²) in [5.41, 5.74) is 8.12. The Morgan fingerprint density at radius 3 is 2.57 bits per heavy atom. The molecule has 0 unspecified atom stereocenters. The van der Waals surface area contributed by atoms with Gasteiger partial charge in [0.1, 0.15) is 11.6 Å². The fraction of sp³-hybridized carbons (Fsp3) is 0.241. The molecule has 0 fully saturated rings. The highest BCUT2D eigenvalue weighted by Gasteiger charge is 2.30. The van der Waals surface area contributed by atoms with E-state index in [2.05, 4.69) is 51.6 Å². The van der Waals surface area contributed by atoms with Crippen LogP contribution >= 0.6 is 23.2 Å². The van der Waals surface area contributed by atoms with E-state index in [9.17, 15) is 4.39 Å². The van der Waals surface area contributed by atoms with E-state index in [-0.39, 0.29) is 5.82 Å². The number of benzene rings is 2. The minimum Gasteiger partial charge on any atom is -0.359 e. The van der Waals surface area contributed by atoms with E-state index in [1.807, 2.05) is 12.1 Å². The number of halogens is 3. The molecular formula is C29H26Cl2FN5. The second-order valence-electron chi connectivity index (χ2n) is 9.31. The van der Waals surface area contributed by atoms with Crippen molar-refractivity contribution in [2.45, 2.75) is 39.7 Å². The van der Waals surface area contributed by atoms with E-state index in [1.54, 1.807) is 18.5 Å². The van der Waals surface area contributed by atoms with Crippen LogP contribution in [0.15, 0.2) is 54.9 Å². The number of aromatic amines is 1. The van der Waals surface area contributed by atoms with Gasteiger partial charge in [0, 0.05) is 48.4 Å². The van der Waals surface area contributed by atoms with Gasteiger partial charge in [0.2, 0.25) is 0 Å². The molecule has 4 heterocycles. The molecule has 3 aromatic heterocycles. The van der Waals surface area contributed by atoms with Gasteiger partial charge in [0.05, 0.1) is 32.6 Å². The maximum absolute atomic E-state index is 14.7. The van der Waals surface area contributed by atoms with E-state index in [0.29, 0.717) is 27.9 Å². The Kier molecular flexibility index (Phi) is 6.17. The van der Waals surface area contributed by atoms with Crippen LogP contribution in [0.4, 0.5) is 10.2 Å². The molecule has 0 aliphatic carbocycles. The van der Waals surface area contributed by atoms with Crippen molar-refractivity contribution in [3.63, 3.8) is 0 Å². The number of rotatable bonds is 5. The lowest BCUT2D eigenvalue weighted by atomic mass is 9.97. The molecule has 5 nitrogen and oxygen atoms in total. The number of nitrogens with zero attached hydrogens (tertiary/aromatic N) is 4. The first kappa shape index (κ1) is 24.0. The van der Waals surface area contributed by atoms with Crippen molar-refractivity contribution in [2.75, 3.05) is 11.4 Å². The average Bonchev–Trinajstić information content (AvgIpc) is 3.54. The third-order valence-corrected chi connectivity index (χ3v) is 7.71. The molecule has 0 amide bonds. The number of nitrogens with one attached hydrogen (secondary N) is 1. The van der Waals surface area contributed by atoms with Gasteiger partial charge in [0.15, 0.2) is 0 Å². The highest BCUT2D eigenvalue weighted by Crippen LogP contribution is 2.40. The Balaban J connectivity index is 1.61. The van der Waals surface area contributed by atoms with Gasteiger partial charge in [-0.3, -0.25) is 0 Å². The predicted molar refractivity (Wildman–Crippen MR) is 149 cm³/mol. The Morgan fingerprint density at radius 1 is 1.05 bits per heavy atom. The maximum atomic E-state index is 14.7. The van der Waals surface area contributed by atoms with Crippen LogP contribution in [0.1, 0.15) is 36.2 Å². The second-order valence-corrected chi connectivity index (χ2v) is 10.2. The molecule has 0 saturated carbocycles. The number of pyridine rings is 1. The molecule has 6 rings (SSSR count). The minimum absolute atomic E-state index is 0.273. The molecule has 0 atom stereocenters. The van der Waals surface area contributed by atoms with Gasteiger partial charge in [-0.2, -0.15) is 5.10 Å². The minimum atomic E-state index is -0.273. The number of fused-ring (bicyclic) bond motifs is 2. The van der Waals surface area contributed by atoms with Gasteiger partial charge in [-0.05, 0) is 48.2 Å². The number of H-pyrrole nitrogens is 1. The van der Waals surface area contributed by atoms with E-state index in [1.165, 1.54) is 17.2 Å². The maximum Gasteiger partial charge on any atom is 0.147 e. The second kappa shape index (κ2) is 9.51. The van der Waals surface area contributed by atoms with Gasteiger partial charge in [0.25, 0.3) is 0 Å². The largest absolute Gasteiger partial charge is 0.359 e. The van der Waals surface area contributed by atoms with Crippen molar-refractivity contribution in [1.29, 1.82) is 0 Å². The SMILES string of the molecule is CCc1cccc(CC)c1-n1nc2c(c1-c1ccc(F)c3[nH]ccc13)CN(c1ncc(Cl)cc1Cl)CC2. The number of hydrogen-bond donors (Lipinski definition) is 1. The summed E-state index contributed by atoms with van der Waals surface area (Å²) in [6.45, 7) is 5.65. The quantitative estimate of drug-likeness (QED) is 0.253. The lowest BCUT2D eigenvalue weighted by Gasteiger charge is -2.28. The third-order valence-electron chi connectivity index (χ3n) is 7.23. The summed E-state index contributed by atoms with van der Waals surface area (Å²) >= 11 is 12.7. The number of hydrogen-bond acceptors (Lipinski definition) is 3. The fourth-order valence-corrected chi connectivity index (χ4v) is 5.95. The molecule has 1 aliphatic rings. The van der Waals surface area contributed by atoms with E-state index < -0.39 is 0 Å². The molecule has 2 aromatic carbocycles. The number of anilines is 1. The first-order valence-electron chi connectivity index (χ1n) is 12.5. The van der Waals surface area contributed by atoms with Crippen molar-refractivity contribution in [2.24, 2.45) is 0 Å². The van der Waals surface area contributed by atoms with Crippen LogP contribution in [0.2, 0.25) is 10.0 Å². The Morgan fingerprint density at radius 2 is 1.84 bits per heavy atom. The van der Waals surface area contributed by atoms with Gasteiger partial charge >= 0.3 is 0 Å². The summed E-state index contributed by atoms with van der Waals surface area (Å²) in [5, 5.41) is 7.06. The summed E-state index contributed by atoms with van der Waals surface area (Å²) in [7, 11) is 0. The van der Waals surface area contributed by atoms with Crippen LogP contribution in [-0.2, 0) is 25.8 Å². The van der Waals surface area contributed by atoms with Crippen molar-refractivity contribution in [3.05, 3.63) is 93.1 Å². The molecule has 8 heteroatoms. The zero-order valence-corrected chi connectivity index (χ0v) is 22.2. The van der Waals surface area contributed by atoms with Gasteiger partial charge < -0.3 is 9.88 Å². The van der Waals surface area contributed by atoms with Crippen molar-refractivity contribution < 1.29 is 4.39 Å². The highest BCUT2D eigenvalue weighted by atomic mass is 35.5. The highest BCUT2D eigenvalue weighted by molar-refractivity contribution is 6.36. The molecule has 0 spiro atoms. The molecule has 37 heavy (non-hydrogen) atoms. The number of para-hydroxylation sites is 1. The molecule has 5 aromatic rings. The normalized spacial score (nSPS) is 13.4. The summed E-state index contributed by atoms with van der Waals surface area (Å²) in [6, 6.07) is 13.5. The van der Waals surface area contributed by atoms with Crippen molar-refractivity contribution in [3.8, 4) is 16.9 Å². The zero-order chi connectivity index (χ0) is 25.7. The van der Waals surface area contributed by atoms with Crippen LogP contribution in [0.3, 0.4) is 0 Å². The first-order valence-corrected chi connectivity index (χ1v) is 13.3.